The normalized spacial score (nSPS) is 20.4. The fourth-order valence-electron chi connectivity index (χ4n) is 4.51. The maximum Gasteiger partial charge on any atom is 4.00 e. The second-order valence-corrected chi connectivity index (χ2v) is 8.90. The molecule has 2 unspecified atom stereocenters. The fraction of sp³-hybridized carbons (Fsp3) is 0.265. The van der Waals surface area contributed by atoms with Crippen LogP contribution in [0.3, 0.4) is 0 Å². The van der Waals surface area contributed by atoms with Crippen LogP contribution in [0.5, 0.6) is 0 Å². The number of fused-ring (bicyclic) bond motifs is 2. The zero-order valence-electron chi connectivity index (χ0n) is 21.1. The van der Waals surface area contributed by atoms with E-state index in [-0.39, 0.29) is 26.2 Å². The summed E-state index contributed by atoms with van der Waals surface area (Å²) in [6.07, 6.45) is 31.1. The molecule has 0 spiro atoms. The monoisotopic (exact) mass is 536 g/mol. The van der Waals surface area contributed by atoms with Crippen LogP contribution in [0.15, 0.2) is 114 Å². The van der Waals surface area contributed by atoms with E-state index < -0.39 is 0 Å². The van der Waals surface area contributed by atoms with E-state index in [1.165, 1.54) is 38.5 Å². The van der Waals surface area contributed by atoms with Crippen LogP contribution in [-0.4, -0.2) is 0 Å². The van der Waals surface area contributed by atoms with Crippen LogP contribution in [0, 0.1) is 37.7 Å². The second kappa shape index (κ2) is 17.1. The standard InChI is InChI=1S/2C9H11.C9H9.C7H7.Zr/c2*1-2-5-9-7-3-6-8(9)4-1;1-2-6-9-7-4-3-5-8-9;1-7-5-3-2-4-6-7;/h2*1-2,4,6,9H,3,5,7H2;2-5,7-8H,1H3;2-6H,1H2;/q4*-1;+4. The molecule has 0 aromatic heterocycles. The van der Waals surface area contributed by atoms with E-state index >= 15 is 0 Å². The third-order valence-electron chi connectivity index (χ3n) is 6.35. The molecular weight excluding hydrogens is 500 g/mol. The number of hydrogen-bond donors (Lipinski definition) is 0. The molecule has 0 aliphatic heterocycles. The summed E-state index contributed by atoms with van der Waals surface area (Å²) in [5, 5.41) is 0. The molecule has 2 atom stereocenters. The molecule has 4 aliphatic rings. The molecular formula is C34H38Zr. The Morgan fingerprint density at radius 1 is 0.771 bits per heavy atom. The van der Waals surface area contributed by atoms with Gasteiger partial charge in [0.05, 0.1) is 0 Å². The summed E-state index contributed by atoms with van der Waals surface area (Å²) in [7, 11) is 0. The second-order valence-electron chi connectivity index (χ2n) is 8.90. The first-order valence-electron chi connectivity index (χ1n) is 12.6. The van der Waals surface area contributed by atoms with Crippen molar-refractivity contribution in [1.82, 2.24) is 0 Å². The summed E-state index contributed by atoms with van der Waals surface area (Å²) in [6.45, 7) is 5.69. The van der Waals surface area contributed by atoms with Crippen molar-refractivity contribution in [1.29, 1.82) is 0 Å². The molecule has 0 N–H and O–H groups in total. The van der Waals surface area contributed by atoms with Gasteiger partial charge in [0.15, 0.2) is 0 Å². The Kier molecular flexibility index (Phi) is 14.1. The minimum atomic E-state index is 0. The molecule has 1 heteroatoms. The first-order valence-corrected chi connectivity index (χ1v) is 12.6. The van der Waals surface area contributed by atoms with Crippen LogP contribution in [-0.2, 0) is 26.2 Å². The Balaban J connectivity index is 0.000000164. The van der Waals surface area contributed by atoms with E-state index in [0.717, 1.165) is 23.0 Å². The van der Waals surface area contributed by atoms with E-state index in [1.54, 1.807) is 11.1 Å². The van der Waals surface area contributed by atoms with Gasteiger partial charge in [-0.25, -0.2) is 36.1 Å². The molecule has 4 aliphatic carbocycles. The van der Waals surface area contributed by atoms with E-state index in [2.05, 4.69) is 62.3 Å². The van der Waals surface area contributed by atoms with Gasteiger partial charge in [0, 0.05) is 0 Å². The van der Waals surface area contributed by atoms with Gasteiger partial charge in [-0.3, -0.25) is 0 Å². The van der Waals surface area contributed by atoms with Gasteiger partial charge in [0.1, 0.15) is 0 Å². The molecule has 2 aromatic rings. The van der Waals surface area contributed by atoms with Crippen LogP contribution >= 0.6 is 0 Å². The van der Waals surface area contributed by atoms with Crippen molar-refractivity contribution >= 4 is 0 Å². The van der Waals surface area contributed by atoms with Crippen molar-refractivity contribution in [3.63, 3.8) is 0 Å². The smallest absolute Gasteiger partial charge is 0.227 e. The minimum Gasteiger partial charge on any atom is -0.227 e. The number of allylic oxidation sites excluding steroid dienone is 9. The number of hydrogen-bond acceptors (Lipinski definition) is 0. The van der Waals surface area contributed by atoms with Crippen molar-refractivity contribution in [2.75, 3.05) is 0 Å². The zero-order valence-corrected chi connectivity index (χ0v) is 23.5. The topological polar surface area (TPSA) is 0 Å². The molecule has 0 saturated heterocycles. The summed E-state index contributed by atoms with van der Waals surface area (Å²) in [6, 6.07) is 19.9. The van der Waals surface area contributed by atoms with Gasteiger partial charge in [-0.1, -0.05) is 31.9 Å². The quantitative estimate of drug-likeness (QED) is 0.318. The van der Waals surface area contributed by atoms with E-state index in [0.29, 0.717) is 0 Å². The summed E-state index contributed by atoms with van der Waals surface area (Å²) in [5.74, 6) is 1.77. The summed E-state index contributed by atoms with van der Waals surface area (Å²) >= 11 is 0. The molecule has 2 saturated carbocycles. The third kappa shape index (κ3) is 10.8. The van der Waals surface area contributed by atoms with Gasteiger partial charge in [0.25, 0.3) is 0 Å². The third-order valence-corrected chi connectivity index (χ3v) is 6.35. The number of rotatable bonds is 1. The molecule has 35 heavy (non-hydrogen) atoms. The largest absolute Gasteiger partial charge is 4.00 e. The summed E-state index contributed by atoms with van der Waals surface area (Å²) < 4.78 is 0. The molecule has 0 bridgehead atoms. The van der Waals surface area contributed by atoms with Crippen LogP contribution in [0.4, 0.5) is 0 Å². The average molecular weight is 538 g/mol. The minimum absolute atomic E-state index is 0. The fourth-order valence-corrected chi connectivity index (χ4v) is 4.51. The maximum atomic E-state index is 3.72. The van der Waals surface area contributed by atoms with E-state index in [1.807, 2.05) is 73.7 Å². The van der Waals surface area contributed by atoms with Crippen molar-refractivity contribution in [2.45, 2.75) is 45.4 Å². The summed E-state index contributed by atoms with van der Waals surface area (Å²) in [5.41, 5.74) is 5.37. The first-order chi connectivity index (χ1) is 16.8. The molecule has 0 nitrogen and oxygen atoms in total. The van der Waals surface area contributed by atoms with Crippen molar-refractivity contribution < 1.29 is 26.2 Å². The maximum absolute atomic E-state index is 3.72. The Labute approximate surface area is 233 Å². The van der Waals surface area contributed by atoms with Crippen molar-refractivity contribution in [2.24, 2.45) is 11.8 Å². The van der Waals surface area contributed by atoms with Crippen LogP contribution < -0.4 is 0 Å². The Bertz CT molecular complexity index is 936. The molecule has 2 aromatic carbocycles. The van der Waals surface area contributed by atoms with Gasteiger partial charge in [0.2, 0.25) is 0 Å². The Morgan fingerprint density at radius 2 is 1.26 bits per heavy atom. The SMILES string of the molecule is C1=CCC2CC[CH-]C2=C1.C1=CCC2CC[CH-]C2=C1.CC=[C-]c1ccccc1.[CH2-]c1ccccc1.[Zr+4]. The molecule has 2 fully saturated rings. The first kappa shape index (κ1) is 28.9. The van der Waals surface area contributed by atoms with Crippen molar-refractivity contribution in [3.8, 4) is 0 Å². The molecule has 0 heterocycles. The molecule has 0 amide bonds. The number of benzene rings is 2. The Hall–Kier alpha value is -2.37. The van der Waals surface area contributed by atoms with Gasteiger partial charge >= 0.3 is 26.2 Å². The van der Waals surface area contributed by atoms with Crippen LogP contribution in [0.1, 0.15) is 56.6 Å². The van der Waals surface area contributed by atoms with E-state index in [4.69, 9.17) is 0 Å². The summed E-state index contributed by atoms with van der Waals surface area (Å²) in [4.78, 5) is 0. The van der Waals surface area contributed by atoms with Crippen LogP contribution in [0.25, 0.3) is 0 Å². The average Bonchev–Trinajstić information content (AvgIpc) is 3.56. The predicted octanol–water partition coefficient (Wildman–Crippen LogP) is 9.25. The van der Waals surface area contributed by atoms with Gasteiger partial charge in [-0.15, -0.1) is 67.5 Å². The van der Waals surface area contributed by atoms with Gasteiger partial charge in [-0.2, -0.15) is 48.4 Å². The molecule has 0 radical (unpaired) electrons. The van der Waals surface area contributed by atoms with Crippen molar-refractivity contribution in [3.05, 3.63) is 151 Å². The molecule has 178 valence electrons. The predicted molar refractivity (Wildman–Crippen MR) is 148 cm³/mol. The van der Waals surface area contributed by atoms with Gasteiger partial charge in [-0.05, 0) is 24.7 Å². The zero-order chi connectivity index (χ0) is 23.8. The molecule has 6 rings (SSSR count). The van der Waals surface area contributed by atoms with E-state index in [9.17, 15) is 0 Å². The Morgan fingerprint density at radius 3 is 1.66 bits per heavy atom. The van der Waals surface area contributed by atoms with Gasteiger partial charge < -0.3 is 0 Å². The van der Waals surface area contributed by atoms with Crippen LogP contribution in [0.2, 0.25) is 0 Å².